The lowest BCUT2D eigenvalue weighted by Gasteiger charge is -2.32. The lowest BCUT2D eigenvalue weighted by Crippen LogP contribution is -2.42. The summed E-state index contributed by atoms with van der Waals surface area (Å²) in [6.07, 6.45) is 3.91. The number of carbonyl (C=O) groups excluding carboxylic acids is 1. The number of nitrogens with zero attached hydrogens (tertiary/aromatic N) is 4. The Bertz CT molecular complexity index is 798. The standard InChI is InChI=1S/C19H24N4O3/c1-13-11-15(14(2)26-13)18(24)23-9-10-25-17(12-23)16-5-6-20-19(21-16)22-7-3-4-8-22/h5-6,11,17H,3-4,7-10,12H2,1-2H3/t17-/m0/s1. The van der Waals surface area contributed by atoms with Crippen molar-refractivity contribution in [3.63, 3.8) is 0 Å². The van der Waals surface area contributed by atoms with E-state index in [4.69, 9.17) is 14.1 Å². The highest BCUT2D eigenvalue weighted by Gasteiger charge is 2.29. The first kappa shape index (κ1) is 17.0. The molecule has 2 fully saturated rings. The Morgan fingerprint density at radius 1 is 1.23 bits per heavy atom. The third kappa shape index (κ3) is 3.31. The zero-order valence-electron chi connectivity index (χ0n) is 15.3. The van der Waals surface area contributed by atoms with Crippen molar-refractivity contribution in [1.29, 1.82) is 0 Å². The molecule has 0 N–H and O–H groups in total. The molecule has 0 radical (unpaired) electrons. The monoisotopic (exact) mass is 356 g/mol. The Morgan fingerprint density at radius 3 is 2.77 bits per heavy atom. The highest BCUT2D eigenvalue weighted by Crippen LogP contribution is 2.25. The van der Waals surface area contributed by atoms with Crippen LogP contribution in [-0.2, 0) is 4.74 Å². The van der Waals surface area contributed by atoms with Gasteiger partial charge < -0.3 is 19.0 Å². The maximum Gasteiger partial charge on any atom is 0.257 e. The molecule has 0 spiro atoms. The molecule has 138 valence electrons. The topological polar surface area (TPSA) is 71.7 Å². The average molecular weight is 356 g/mol. The first-order chi connectivity index (χ1) is 12.6. The molecule has 2 aromatic heterocycles. The van der Waals surface area contributed by atoms with E-state index in [0.29, 0.717) is 31.0 Å². The number of ether oxygens (including phenoxy) is 1. The average Bonchev–Trinajstić information content (AvgIpc) is 3.31. The van der Waals surface area contributed by atoms with Crippen molar-refractivity contribution in [3.05, 3.63) is 41.1 Å². The second-order valence-corrected chi connectivity index (χ2v) is 6.91. The van der Waals surface area contributed by atoms with Gasteiger partial charge in [-0.05, 0) is 38.8 Å². The van der Waals surface area contributed by atoms with Crippen LogP contribution in [0.4, 0.5) is 5.95 Å². The molecule has 1 atom stereocenters. The maximum absolute atomic E-state index is 12.9. The smallest absolute Gasteiger partial charge is 0.257 e. The van der Waals surface area contributed by atoms with E-state index in [1.807, 2.05) is 24.8 Å². The first-order valence-corrected chi connectivity index (χ1v) is 9.17. The molecule has 2 aliphatic heterocycles. The van der Waals surface area contributed by atoms with Gasteiger partial charge in [0.2, 0.25) is 5.95 Å². The van der Waals surface area contributed by atoms with Crippen LogP contribution in [0.5, 0.6) is 0 Å². The number of aromatic nitrogens is 2. The van der Waals surface area contributed by atoms with Gasteiger partial charge in [-0.3, -0.25) is 4.79 Å². The van der Waals surface area contributed by atoms with Crippen LogP contribution >= 0.6 is 0 Å². The van der Waals surface area contributed by atoms with E-state index in [1.54, 1.807) is 12.3 Å². The minimum absolute atomic E-state index is 0.0125. The molecule has 7 heteroatoms. The predicted molar refractivity (Wildman–Crippen MR) is 96.3 cm³/mol. The normalized spacial score (nSPS) is 20.6. The summed E-state index contributed by atoms with van der Waals surface area (Å²) in [6, 6.07) is 3.68. The molecule has 2 saturated heterocycles. The van der Waals surface area contributed by atoms with Gasteiger partial charge in [-0.25, -0.2) is 9.97 Å². The molecule has 0 saturated carbocycles. The van der Waals surface area contributed by atoms with E-state index < -0.39 is 0 Å². The molecule has 2 aliphatic rings. The van der Waals surface area contributed by atoms with Crippen LogP contribution in [0.15, 0.2) is 22.7 Å². The fourth-order valence-electron chi connectivity index (χ4n) is 3.64. The number of hydrogen-bond donors (Lipinski definition) is 0. The van der Waals surface area contributed by atoms with Crippen LogP contribution in [0.25, 0.3) is 0 Å². The molecule has 26 heavy (non-hydrogen) atoms. The number of rotatable bonds is 3. The number of aryl methyl sites for hydroxylation is 2. The third-order valence-corrected chi connectivity index (χ3v) is 5.01. The maximum atomic E-state index is 12.9. The van der Waals surface area contributed by atoms with Crippen molar-refractivity contribution < 1.29 is 13.9 Å². The highest BCUT2D eigenvalue weighted by atomic mass is 16.5. The van der Waals surface area contributed by atoms with E-state index in [9.17, 15) is 4.79 Å². The van der Waals surface area contributed by atoms with Crippen LogP contribution in [-0.4, -0.2) is 53.6 Å². The van der Waals surface area contributed by atoms with Crippen LogP contribution in [0.3, 0.4) is 0 Å². The Kier molecular flexibility index (Phi) is 4.63. The van der Waals surface area contributed by atoms with Crippen LogP contribution in [0.2, 0.25) is 0 Å². The van der Waals surface area contributed by atoms with E-state index in [2.05, 4.69) is 9.88 Å². The predicted octanol–water partition coefficient (Wildman–Crippen LogP) is 2.50. The molecular formula is C19H24N4O3. The van der Waals surface area contributed by atoms with Crippen molar-refractivity contribution in [2.75, 3.05) is 37.7 Å². The second kappa shape index (κ2) is 7.07. The summed E-state index contributed by atoms with van der Waals surface area (Å²) < 4.78 is 11.4. The first-order valence-electron chi connectivity index (χ1n) is 9.17. The summed E-state index contributed by atoms with van der Waals surface area (Å²) >= 11 is 0. The second-order valence-electron chi connectivity index (χ2n) is 6.91. The van der Waals surface area contributed by atoms with Gasteiger partial charge in [0.05, 0.1) is 24.4 Å². The van der Waals surface area contributed by atoms with Crippen molar-refractivity contribution in [3.8, 4) is 0 Å². The molecule has 0 aliphatic carbocycles. The molecule has 2 aromatic rings. The molecule has 0 unspecified atom stereocenters. The summed E-state index contributed by atoms with van der Waals surface area (Å²) in [6.45, 7) is 7.23. The fourth-order valence-corrected chi connectivity index (χ4v) is 3.64. The lowest BCUT2D eigenvalue weighted by molar-refractivity contribution is -0.0248. The molecule has 1 amide bonds. The van der Waals surface area contributed by atoms with Gasteiger partial charge >= 0.3 is 0 Å². The van der Waals surface area contributed by atoms with E-state index in [0.717, 1.165) is 30.5 Å². The minimum atomic E-state index is -0.231. The Hall–Kier alpha value is -2.41. The molecule has 4 rings (SSSR count). The van der Waals surface area contributed by atoms with Gasteiger partial charge in [-0.15, -0.1) is 0 Å². The zero-order valence-corrected chi connectivity index (χ0v) is 15.3. The van der Waals surface area contributed by atoms with E-state index >= 15 is 0 Å². The quantitative estimate of drug-likeness (QED) is 0.841. The molecule has 7 nitrogen and oxygen atoms in total. The summed E-state index contributed by atoms with van der Waals surface area (Å²) in [4.78, 5) is 26.0. The zero-order chi connectivity index (χ0) is 18.1. The summed E-state index contributed by atoms with van der Waals surface area (Å²) in [5, 5.41) is 0. The number of carbonyl (C=O) groups is 1. The highest BCUT2D eigenvalue weighted by molar-refractivity contribution is 5.95. The number of morpholine rings is 1. The Balaban J connectivity index is 1.51. The Morgan fingerprint density at radius 2 is 2.04 bits per heavy atom. The lowest BCUT2D eigenvalue weighted by atomic mass is 10.1. The number of hydrogen-bond acceptors (Lipinski definition) is 6. The molecule has 4 heterocycles. The SMILES string of the molecule is Cc1cc(C(=O)N2CCO[C@H](c3ccnc(N4CCCC4)n3)C2)c(C)o1. The summed E-state index contributed by atoms with van der Waals surface area (Å²) in [5.74, 6) is 2.16. The van der Waals surface area contributed by atoms with Gasteiger partial charge in [0, 0.05) is 25.8 Å². The fraction of sp³-hybridized carbons (Fsp3) is 0.526. The van der Waals surface area contributed by atoms with Crippen molar-refractivity contribution in [1.82, 2.24) is 14.9 Å². The number of amides is 1. The van der Waals surface area contributed by atoms with Crippen LogP contribution < -0.4 is 4.90 Å². The van der Waals surface area contributed by atoms with Crippen molar-refractivity contribution in [2.24, 2.45) is 0 Å². The van der Waals surface area contributed by atoms with Gasteiger partial charge in [-0.2, -0.15) is 0 Å². The summed E-state index contributed by atoms with van der Waals surface area (Å²) in [7, 11) is 0. The van der Waals surface area contributed by atoms with Gasteiger partial charge in [0.1, 0.15) is 17.6 Å². The molecular weight excluding hydrogens is 332 g/mol. The van der Waals surface area contributed by atoms with E-state index in [-0.39, 0.29) is 12.0 Å². The number of furan rings is 1. The van der Waals surface area contributed by atoms with Gasteiger partial charge in [0.25, 0.3) is 5.91 Å². The van der Waals surface area contributed by atoms with Gasteiger partial charge in [0.15, 0.2) is 0 Å². The number of anilines is 1. The van der Waals surface area contributed by atoms with E-state index in [1.165, 1.54) is 12.8 Å². The molecule has 0 aromatic carbocycles. The largest absolute Gasteiger partial charge is 0.466 e. The van der Waals surface area contributed by atoms with Crippen molar-refractivity contribution >= 4 is 11.9 Å². The van der Waals surface area contributed by atoms with Crippen LogP contribution in [0.1, 0.15) is 46.5 Å². The van der Waals surface area contributed by atoms with Gasteiger partial charge in [-0.1, -0.05) is 0 Å². The van der Waals surface area contributed by atoms with Crippen molar-refractivity contribution in [2.45, 2.75) is 32.8 Å². The summed E-state index contributed by atoms with van der Waals surface area (Å²) in [5.41, 5.74) is 1.46. The third-order valence-electron chi connectivity index (χ3n) is 5.01. The van der Waals surface area contributed by atoms with Crippen LogP contribution in [0, 0.1) is 13.8 Å². The molecule has 0 bridgehead atoms. The Labute approximate surface area is 153 Å². The minimum Gasteiger partial charge on any atom is -0.466 e.